The molecular weight excluding hydrogens is 352 g/mol. The van der Waals surface area contributed by atoms with Gasteiger partial charge < -0.3 is 19.2 Å². The number of benzene rings is 1. The van der Waals surface area contributed by atoms with E-state index >= 15 is 0 Å². The smallest absolute Gasteiger partial charge is 0.258 e. The molecule has 0 aliphatic rings. The lowest BCUT2D eigenvalue weighted by Crippen LogP contribution is -2.26. The summed E-state index contributed by atoms with van der Waals surface area (Å²) >= 11 is 1.58. The number of carbonyl (C=O) groups excluding carboxylic acids is 1. The van der Waals surface area contributed by atoms with Gasteiger partial charge in [0.2, 0.25) is 5.89 Å². The molecule has 0 aliphatic heterocycles. The monoisotopic (exact) mass is 372 g/mol. The molecular formula is C19H20N2O4S. The standard InChI is InChI=1S/C19H20N2O4S/c1-12-13(21-19(25-12)16-8-5-11-26-16)9-10-20-18(22)17-14(23-2)6-4-7-15(17)24-3/h4-8,11H,9-10H2,1-3H3,(H,20,22). The highest BCUT2D eigenvalue weighted by Crippen LogP contribution is 2.28. The van der Waals surface area contributed by atoms with Crippen molar-refractivity contribution in [3.63, 3.8) is 0 Å². The van der Waals surface area contributed by atoms with E-state index in [0.717, 1.165) is 16.3 Å². The van der Waals surface area contributed by atoms with Crippen molar-refractivity contribution in [2.45, 2.75) is 13.3 Å². The first-order valence-corrected chi connectivity index (χ1v) is 9.01. The highest BCUT2D eigenvalue weighted by atomic mass is 32.1. The molecule has 3 aromatic rings. The molecule has 7 heteroatoms. The van der Waals surface area contributed by atoms with Gasteiger partial charge in [-0.15, -0.1) is 11.3 Å². The summed E-state index contributed by atoms with van der Waals surface area (Å²) in [6.45, 7) is 2.31. The maximum absolute atomic E-state index is 12.6. The van der Waals surface area contributed by atoms with Gasteiger partial charge in [-0.05, 0) is 30.5 Å². The zero-order valence-corrected chi connectivity index (χ0v) is 15.7. The Morgan fingerprint density at radius 3 is 2.54 bits per heavy atom. The van der Waals surface area contributed by atoms with Crippen molar-refractivity contribution < 1.29 is 18.7 Å². The number of amides is 1. The van der Waals surface area contributed by atoms with Crippen LogP contribution in [0.4, 0.5) is 0 Å². The van der Waals surface area contributed by atoms with Crippen LogP contribution in [0.3, 0.4) is 0 Å². The van der Waals surface area contributed by atoms with E-state index in [1.54, 1.807) is 29.5 Å². The van der Waals surface area contributed by atoms with Crippen LogP contribution < -0.4 is 14.8 Å². The second kappa shape index (κ2) is 8.05. The Balaban J connectivity index is 1.67. The predicted molar refractivity (Wildman–Crippen MR) is 100 cm³/mol. The van der Waals surface area contributed by atoms with Gasteiger partial charge >= 0.3 is 0 Å². The Hall–Kier alpha value is -2.80. The SMILES string of the molecule is COc1cccc(OC)c1C(=O)NCCc1nc(-c2cccs2)oc1C. The second-order valence-electron chi connectivity index (χ2n) is 5.54. The maximum atomic E-state index is 12.6. The molecule has 0 fully saturated rings. The fourth-order valence-corrected chi connectivity index (χ4v) is 3.27. The number of ether oxygens (including phenoxy) is 2. The predicted octanol–water partition coefficient (Wildman–Crippen LogP) is 3.70. The zero-order chi connectivity index (χ0) is 18.5. The third kappa shape index (κ3) is 3.72. The molecule has 1 N–H and O–H groups in total. The number of oxazole rings is 1. The lowest BCUT2D eigenvalue weighted by Gasteiger charge is -2.12. The quantitative estimate of drug-likeness (QED) is 0.684. The summed E-state index contributed by atoms with van der Waals surface area (Å²) in [5.74, 6) is 2.07. The van der Waals surface area contributed by atoms with Gasteiger partial charge in [0.1, 0.15) is 22.8 Å². The molecule has 0 radical (unpaired) electrons. The van der Waals surface area contributed by atoms with Crippen molar-refractivity contribution in [1.29, 1.82) is 0 Å². The summed E-state index contributed by atoms with van der Waals surface area (Å²) in [6.07, 6.45) is 0.573. The van der Waals surface area contributed by atoms with Crippen molar-refractivity contribution in [1.82, 2.24) is 10.3 Å². The van der Waals surface area contributed by atoms with Crippen LogP contribution in [0.1, 0.15) is 21.8 Å². The Labute approximate surface area is 155 Å². The summed E-state index contributed by atoms with van der Waals surface area (Å²) in [5.41, 5.74) is 1.22. The van der Waals surface area contributed by atoms with Crippen molar-refractivity contribution in [3.05, 3.63) is 52.7 Å². The number of hydrogen-bond donors (Lipinski definition) is 1. The first-order chi connectivity index (χ1) is 12.6. The average Bonchev–Trinajstić information content (AvgIpc) is 3.31. The Morgan fingerprint density at radius 1 is 1.19 bits per heavy atom. The van der Waals surface area contributed by atoms with E-state index in [9.17, 15) is 4.79 Å². The van der Waals surface area contributed by atoms with Crippen LogP contribution in [0.15, 0.2) is 40.1 Å². The van der Waals surface area contributed by atoms with Crippen LogP contribution >= 0.6 is 11.3 Å². The normalized spacial score (nSPS) is 10.6. The highest BCUT2D eigenvalue weighted by molar-refractivity contribution is 7.13. The first-order valence-electron chi connectivity index (χ1n) is 8.13. The molecule has 26 heavy (non-hydrogen) atoms. The van der Waals surface area contributed by atoms with Gasteiger partial charge in [0, 0.05) is 13.0 Å². The van der Waals surface area contributed by atoms with Crippen LogP contribution in [-0.2, 0) is 6.42 Å². The molecule has 3 rings (SSSR count). The van der Waals surface area contributed by atoms with Crippen LogP contribution in [-0.4, -0.2) is 31.7 Å². The molecule has 6 nitrogen and oxygen atoms in total. The van der Waals surface area contributed by atoms with Gasteiger partial charge in [-0.1, -0.05) is 12.1 Å². The molecule has 0 saturated heterocycles. The van der Waals surface area contributed by atoms with E-state index in [2.05, 4.69) is 10.3 Å². The van der Waals surface area contributed by atoms with E-state index in [1.165, 1.54) is 14.2 Å². The largest absolute Gasteiger partial charge is 0.496 e. The van der Waals surface area contributed by atoms with Crippen LogP contribution in [0.25, 0.3) is 10.8 Å². The molecule has 0 atom stereocenters. The van der Waals surface area contributed by atoms with Crippen LogP contribution in [0.2, 0.25) is 0 Å². The number of hydrogen-bond acceptors (Lipinski definition) is 6. The minimum Gasteiger partial charge on any atom is -0.496 e. The van der Waals surface area contributed by atoms with Gasteiger partial charge in [0.25, 0.3) is 5.91 Å². The van der Waals surface area contributed by atoms with Gasteiger partial charge in [-0.2, -0.15) is 0 Å². The molecule has 0 bridgehead atoms. The molecule has 0 saturated carbocycles. The van der Waals surface area contributed by atoms with Crippen molar-refractivity contribution >= 4 is 17.2 Å². The molecule has 1 aromatic carbocycles. The number of thiophene rings is 1. The minimum absolute atomic E-state index is 0.251. The van der Waals surface area contributed by atoms with E-state index in [4.69, 9.17) is 13.9 Å². The van der Waals surface area contributed by atoms with Crippen LogP contribution in [0, 0.1) is 6.92 Å². The van der Waals surface area contributed by atoms with Gasteiger partial charge in [-0.3, -0.25) is 4.79 Å². The Kier molecular flexibility index (Phi) is 5.58. The maximum Gasteiger partial charge on any atom is 0.258 e. The summed E-state index contributed by atoms with van der Waals surface area (Å²) in [5, 5.41) is 4.87. The molecule has 1 amide bonds. The molecule has 2 heterocycles. The number of methoxy groups -OCH3 is 2. The van der Waals surface area contributed by atoms with E-state index < -0.39 is 0 Å². The van der Waals surface area contributed by atoms with Crippen molar-refractivity contribution in [2.75, 3.05) is 20.8 Å². The Bertz CT molecular complexity index is 865. The zero-order valence-electron chi connectivity index (χ0n) is 14.9. The second-order valence-corrected chi connectivity index (χ2v) is 6.49. The average molecular weight is 372 g/mol. The summed E-state index contributed by atoms with van der Waals surface area (Å²) in [6, 6.07) is 9.16. The third-order valence-corrected chi connectivity index (χ3v) is 4.78. The number of aryl methyl sites for hydroxylation is 1. The first kappa shape index (κ1) is 18.0. The van der Waals surface area contributed by atoms with Gasteiger partial charge in [0.05, 0.1) is 24.8 Å². The minimum atomic E-state index is -0.251. The summed E-state index contributed by atoms with van der Waals surface area (Å²) in [4.78, 5) is 18.1. The van der Waals surface area contributed by atoms with Gasteiger partial charge in [0.15, 0.2) is 0 Å². The number of carbonyl (C=O) groups is 1. The number of rotatable bonds is 7. The van der Waals surface area contributed by atoms with E-state index in [1.807, 2.05) is 24.4 Å². The number of nitrogens with zero attached hydrogens (tertiary/aromatic N) is 1. The molecule has 2 aromatic heterocycles. The van der Waals surface area contributed by atoms with Gasteiger partial charge in [-0.25, -0.2) is 4.98 Å². The Morgan fingerprint density at radius 2 is 1.92 bits per heavy atom. The van der Waals surface area contributed by atoms with Crippen molar-refractivity contribution in [3.8, 4) is 22.3 Å². The van der Waals surface area contributed by atoms with E-state index in [-0.39, 0.29) is 5.91 Å². The lowest BCUT2D eigenvalue weighted by atomic mass is 10.1. The number of nitrogens with one attached hydrogen (secondary N) is 1. The topological polar surface area (TPSA) is 73.6 Å². The fourth-order valence-electron chi connectivity index (χ4n) is 2.62. The van der Waals surface area contributed by atoms with E-state index in [0.29, 0.717) is 35.9 Å². The molecule has 136 valence electrons. The van der Waals surface area contributed by atoms with Crippen LogP contribution in [0.5, 0.6) is 11.5 Å². The summed E-state index contributed by atoms with van der Waals surface area (Å²) in [7, 11) is 3.05. The molecule has 0 aliphatic carbocycles. The molecule has 0 unspecified atom stereocenters. The summed E-state index contributed by atoms with van der Waals surface area (Å²) < 4.78 is 16.3. The molecule has 0 spiro atoms. The lowest BCUT2D eigenvalue weighted by molar-refractivity contribution is 0.0947. The highest BCUT2D eigenvalue weighted by Gasteiger charge is 2.18. The fraction of sp³-hybridized carbons (Fsp3) is 0.263. The van der Waals surface area contributed by atoms with Crippen molar-refractivity contribution in [2.24, 2.45) is 0 Å². The third-order valence-electron chi connectivity index (χ3n) is 3.93. The number of aromatic nitrogens is 1.